The molecular weight excluding hydrogens is 457 g/mol. The summed E-state index contributed by atoms with van der Waals surface area (Å²) in [7, 11) is 0. The van der Waals surface area contributed by atoms with Gasteiger partial charge in [-0.3, -0.25) is 4.79 Å². The summed E-state index contributed by atoms with van der Waals surface area (Å²) in [5, 5.41) is 15.3. The van der Waals surface area contributed by atoms with Crippen molar-refractivity contribution >= 4 is 5.91 Å². The number of carbonyl (C=O) groups excluding carboxylic acids is 1. The number of alkyl halides is 3. The summed E-state index contributed by atoms with van der Waals surface area (Å²) >= 11 is 0. The van der Waals surface area contributed by atoms with E-state index >= 15 is 0 Å². The maximum Gasteiger partial charge on any atom is 0.471 e. The van der Waals surface area contributed by atoms with E-state index in [9.17, 15) is 23.1 Å². The standard InChI is InChI=1S/C20H31F3N2O3.C7H8/c1-4-5-12-24-13-11-17(28-19(2,3)27)16(25-18(26)20(21,22)23)14-15-9-7-6-8-10-15;1-7-5-3-2-4-6-7/h6-10,16-17,24,27H,4-5,11-14H2,1-3H3,(H,25,26);2-6H,1H3. The number of aryl methyl sites for hydroxylation is 1. The van der Waals surface area contributed by atoms with Crippen molar-refractivity contribution in [3.8, 4) is 0 Å². The average molecular weight is 497 g/mol. The Labute approximate surface area is 207 Å². The van der Waals surface area contributed by atoms with Gasteiger partial charge in [-0.2, -0.15) is 13.2 Å². The molecule has 0 spiro atoms. The van der Waals surface area contributed by atoms with Crippen LogP contribution >= 0.6 is 0 Å². The van der Waals surface area contributed by atoms with Gasteiger partial charge in [-0.05, 0) is 58.7 Å². The quantitative estimate of drug-likeness (QED) is 0.280. The minimum absolute atomic E-state index is 0.151. The molecule has 2 atom stereocenters. The van der Waals surface area contributed by atoms with E-state index < -0.39 is 30.0 Å². The summed E-state index contributed by atoms with van der Waals surface area (Å²) in [6.07, 6.45) is -3.31. The number of carbonyl (C=O) groups is 1. The Balaban J connectivity index is 0.000000744. The first-order chi connectivity index (χ1) is 16.4. The zero-order valence-electron chi connectivity index (χ0n) is 21.1. The summed E-state index contributed by atoms with van der Waals surface area (Å²) in [6, 6.07) is 18.2. The van der Waals surface area contributed by atoms with E-state index in [0.717, 1.165) is 24.9 Å². The number of halogens is 3. The predicted octanol–water partition coefficient (Wildman–Crippen LogP) is 5.16. The fourth-order valence-electron chi connectivity index (χ4n) is 3.31. The minimum atomic E-state index is -4.99. The van der Waals surface area contributed by atoms with Crippen molar-refractivity contribution in [3.05, 3.63) is 71.8 Å². The van der Waals surface area contributed by atoms with Crippen LogP contribution < -0.4 is 10.6 Å². The van der Waals surface area contributed by atoms with Crippen LogP contribution in [0.1, 0.15) is 51.2 Å². The van der Waals surface area contributed by atoms with E-state index in [-0.39, 0.29) is 6.42 Å². The number of nitrogens with one attached hydrogen (secondary N) is 2. The van der Waals surface area contributed by atoms with Crippen molar-refractivity contribution in [2.75, 3.05) is 13.1 Å². The highest BCUT2D eigenvalue weighted by Crippen LogP contribution is 2.20. The van der Waals surface area contributed by atoms with Gasteiger partial charge in [0.05, 0.1) is 12.1 Å². The van der Waals surface area contributed by atoms with Gasteiger partial charge in [-0.1, -0.05) is 79.6 Å². The fourth-order valence-corrected chi connectivity index (χ4v) is 3.31. The van der Waals surface area contributed by atoms with Gasteiger partial charge in [0.25, 0.3) is 0 Å². The molecule has 0 saturated carbocycles. The Kier molecular flexibility index (Phi) is 13.6. The normalized spacial score (nSPS) is 13.4. The molecule has 2 aromatic carbocycles. The van der Waals surface area contributed by atoms with Gasteiger partial charge in [0, 0.05) is 0 Å². The van der Waals surface area contributed by atoms with Crippen LogP contribution in [0.2, 0.25) is 0 Å². The molecule has 0 aliphatic heterocycles. The summed E-state index contributed by atoms with van der Waals surface area (Å²) in [4.78, 5) is 11.6. The third-order valence-electron chi connectivity index (χ3n) is 5.01. The van der Waals surface area contributed by atoms with Crippen molar-refractivity contribution in [2.24, 2.45) is 0 Å². The van der Waals surface area contributed by atoms with Gasteiger partial charge in [0.15, 0.2) is 5.79 Å². The third kappa shape index (κ3) is 14.5. The molecule has 2 unspecified atom stereocenters. The minimum Gasteiger partial charge on any atom is -0.366 e. The van der Waals surface area contributed by atoms with Gasteiger partial charge >= 0.3 is 12.1 Å². The summed E-state index contributed by atoms with van der Waals surface area (Å²) in [5.41, 5.74) is 2.08. The molecule has 35 heavy (non-hydrogen) atoms. The Hall–Kier alpha value is -2.42. The molecule has 5 nitrogen and oxygen atoms in total. The van der Waals surface area contributed by atoms with Crippen molar-refractivity contribution in [1.29, 1.82) is 0 Å². The first-order valence-corrected chi connectivity index (χ1v) is 12.0. The van der Waals surface area contributed by atoms with Crippen LogP contribution in [0, 0.1) is 6.92 Å². The molecule has 1 amide bonds. The average Bonchev–Trinajstić information content (AvgIpc) is 2.78. The molecule has 0 aromatic heterocycles. The molecule has 0 radical (unpaired) electrons. The Morgan fingerprint density at radius 3 is 2.03 bits per heavy atom. The van der Waals surface area contributed by atoms with E-state index in [0.29, 0.717) is 13.0 Å². The number of amides is 1. The second-order valence-electron chi connectivity index (χ2n) is 8.92. The van der Waals surface area contributed by atoms with Gasteiger partial charge < -0.3 is 20.5 Å². The van der Waals surface area contributed by atoms with Gasteiger partial charge in [-0.15, -0.1) is 0 Å². The largest absolute Gasteiger partial charge is 0.471 e. The summed E-state index contributed by atoms with van der Waals surface area (Å²) < 4.78 is 44.1. The number of aliphatic hydroxyl groups is 1. The number of rotatable bonds is 12. The molecule has 0 fully saturated rings. The van der Waals surface area contributed by atoms with Gasteiger partial charge in [0.2, 0.25) is 0 Å². The number of benzene rings is 2. The highest BCUT2D eigenvalue weighted by atomic mass is 19.4. The van der Waals surface area contributed by atoms with E-state index in [2.05, 4.69) is 36.6 Å². The maximum atomic E-state index is 12.8. The second-order valence-corrected chi connectivity index (χ2v) is 8.92. The van der Waals surface area contributed by atoms with Crippen molar-refractivity contribution in [3.63, 3.8) is 0 Å². The summed E-state index contributed by atoms with van der Waals surface area (Å²) in [6.45, 7) is 8.24. The molecule has 0 saturated heterocycles. The van der Waals surface area contributed by atoms with E-state index in [4.69, 9.17) is 4.74 Å². The lowest BCUT2D eigenvalue weighted by Gasteiger charge is -2.33. The van der Waals surface area contributed by atoms with Crippen LogP contribution in [0.5, 0.6) is 0 Å². The number of hydrogen-bond acceptors (Lipinski definition) is 4. The van der Waals surface area contributed by atoms with Crippen LogP contribution in [-0.4, -0.2) is 48.2 Å². The smallest absolute Gasteiger partial charge is 0.366 e. The van der Waals surface area contributed by atoms with Crippen molar-refractivity contribution in [2.45, 2.75) is 77.5 Å². The van der Waals surface area contributed by atoms with Gasteiger partial charge in [0.1, 0.15) is 0 Å². The van der Waals surface area contributed by atoms with Crippen molar-refractivity contribution in [1.82, 2.24) is 10.6 Å². The molecule has 3 N–H and O–H groups in total. The van der Waals surface area contributed by atoms with Crippen LogP contribution in [-0.2, 0) is 16.0 Å². The predicted molar refractivity (Wildman–Crippen MR) is 133 cm³/mol. The Bertz CT molecular complexity index is 825. The first-order valence-electron chi connectivity index (χ1n) is 12.0. The van der Waals surface area contributed by atoms with Crippen LogP contribution in [0.15, 0.2) is 60.7 Å². The SMILES string of the molecule is CCCCNCCC(OC(C)(C)O)C(Cc1ccccc1)NC(=O)C(F)(F)F.Cc1ccccc1. The zero-order chi connectivity index (χ0) is 26.3. The lowest BCUT2D eigenvalue weighted by atomic mass is 9.98. The number of hydrogen-bond donors (Lipinski definition) is 3. The highest BCUT2D eigenvalue weighted by Gasteiger charge is 2.41. The molecule has 8 heteroatoms. The topological polar surface area (TPSA) is 70.6 Å². The molecule has 0 bridgehead atoms. The molecule has 196 valence electrons. The lowest BCUT2D eigenvalue weighted by molar-refractivity contribution is -0.214. The van der Waals surface area contributed by atoms with Crippen LogP contribution in [0.25, 0.3) is 0 Å². The monoisotopic (exact) mass is 496 g/mol. The van der Waals surface area contributed by atoms with E-state index in [1.807, 2.05) is 18.2 Å². The summed E-state index contributed by atoms with van der Waals surface area (Å²) in [5.74, 6) is -3.57. The molecular formula is C27H39F3N2O3. The molecule has 0 aliphatic carbocycles. The van der Waals surface area contributed by atoms with E-state index in [1.54, 1.807) is 30.3 Å². The lowest BCUT2D eigenvalue weighted by Crippen LogP contribution is -2.52. The number of ether oxygens (including phenoxy) is 1. The maximum absolute atomic E-state index is 12.8. The van der Waals surface area contributed by atoms with Crippen molar-refractivity contribution < 1.29 is 27.8 Å². The molecule has 2 rings (SSSR count). The molecule has 2 aromatic rings. The molecule has 0 aliphatic rings. The molecule has 0 heterocycles. The first kappa shape index (κ1) is 30.6. The van der Waals surface area contributed by atoms with Crippen LogP contribution in [0.3, 0.4) is 0 Å². The zero-order valence-corrected chi connectivity index (χ0v) is 21.1. The van der Waals surface area contributed by atoms with E-state index in [1.165, 1.54) is 19.4 Å². The second kappa shape index (κ2) is 15.5. The highest BCUT2D eigenvalue weighted by molar-refractivity contribution is 5.82. The van der Waals surface area contributed by atoms with Gasteiger partial charge in [-0.25, -0.2) is 0 Å². The van der Waals surface area contributed by atoms with Crippen LogP contribution in [0.4, 0.5) is 13.2 Å². The number of unbranched alkanes of at least 4 members (excludes halogenated alkanes) is 1. The Morgan fingerprint density at radius 2 is 1.57 bits per heavy atom. The Morgan fingerprint density at radius 1 is 1.00 bits per heavy atom. The fraction of sp³-hybridized carbons (Fsp3) is 0.519. The third-order valence-corrected chi connectivity index (χ3v) is 5.01.